The number of aromatic nitrogens is 7. The molecule has 0 bridgehead atoms. The van der Waals surface area contributed by atoms with Crippen LogP contribution >= 0.6 is 0 Å². The minimum atomic E-state index is -2.48. The third-order valence-electron chi connectivity index (χ3n) is 25.6. The molecular weight excluding hydrogens is 1670 g/mol. The summed E-state index contributed by atoms with van der Waals surface area (Å²) in [7, 11) is 14.3. The fourth-order valence-electron chi connectivity index (χ4n) is 18.0. The summed E-state index contributed by atoms with van der Waals surface area (Å²) in [4.78, 5) is 0. The molecule has 0 N–H and O–H groups in total. The first-order valence-electron chi connectivity index (χ1n) is 56.6. The van der Waals surface area contributed by atoms with Gasteiger partial charge in [0.2, 0.25) is 39.9 Å². The number of hydrogen-bond acceptors (Lipinski definition) is 0. The number of hydrogen-bond donors (Lipinski definition) is 0. The first-order valence-corrected chi connectivity index (χ1v) is 49.6. The molecule has 7 heterocycles. The monoisotopic (exact) mass is 1860 g/mol. The third-order valence-corrected chi connectivity index (χ3v) is 25.6. The molecule has 730 valence electrons. The van der Waals surface area contributed by atoms with Crippen LogP contribution in [0.4, 0.5) is 0 Å². The Balaban J connectivity index is 0.000000216. The van der Waals surface area contributed by atoms with Gasteiger partial charge in [0.1, 0.15) is 49.3 Å². The van der Waals surface area contributed by atoms with Crippen molar-refractivity contribution in [3.8, 4) is 78.8 Å². The molecule has 0 unspecified atom stereocenters. The topological polar surface area (TPSA) is 27.2 Å². The SMILES string of the molecule is Cc1ccc(-c2cc(C)c(CC(C)C)c[n+]2C)c(C)c1.Cc1ccc(-c2ccc(C(C)(C)C)c[n+]2C)c(C)c1.Cc1ccccc1-c1cc(C)c(C(C)(C)C)c[n+]1C.Cc1ccccc1-c1cc(CC(C)C)c(CC(C)C)c[n+]1C.[2H]C([2H])([2H])c1cc(-c2ccccc2C)[n+](C)cc1C(C)(C)C.[2H]C([2H])([2H])c1ccc(-c2cc(C([2H])([2H])[2H])c(C([2H])([2H])C(C)C)c[n+]2C)c(C)c1.[2H]C([2H])([2H])c1ccc(-c2ccc(C(C)(C)C)c[n+]2C)c(C)c1. The van der Waals surface area contributed by atoms with Gasteiger partial charge in [-0.1, -0.05) is 264 Å². The van der Waals surface area contributed by atoms with Crippen molar-refractivity contribution in [1.29, 1.82) is 0 Å². The van der Waals surface area contributed by atoms with Crippen LogP contribution in [0, 0.1) is 127 Å². The van der Waals surface area contributed by atoms with Gasteiger partial charge in [-0.25, -0.2) is 32.0 Å². The lowest BCUT2D eigenvalue weighted by Crippen LogP contribution is -2.34. The molecule has 7 aromatic heterocycles. The summed E-state index contributed by atoms with van der Waals surface area (Å²) in [6.45, 7) is 57.8. The Hall–Kier alpha value is -11.4. The summed E-state index contributed by atoms with van der Waals surface area (Å²) in [6.07, 6.45) is 16.5. The third kappa shape index (κ3) is 31.0. The van der Waals surface area contributed by atoms with Gasteiger partial charge >= 0.3 is 0 Å². The zero-order valence-electron chi connectivity index (χ0n) is 106. The Bertz CT molecular complexity index is 7050. The van der Waals surface area contributed by atoms with Crippen molar-refractivity contribution in [3.63, 3.8) is 0 Å². The number of benzene rings is 7. The molecule has 0 aliphatic carbocycles. The van der Waals surface area contributed by atoms with E-state index in [0.29, 0.717) is 45.7 Å². The predicted octanol–water partition coefficient (Wildman–Crippen LogP) is 29.9. The van der Waals surface area contributed by atoms with E-state index in [9.17, 15) is 0 Å². The summed E-state index contributed by atoms with van der Waals surface area (Å²) < 4.78 is 124. The summed E-state index contributed by atoms with van der Waals surface area (Å²) in [6, 6.07) is 67.9. The Morgan fingerprint density at radius 2 is 0.507 bits per heavy atom. The number of nitrogens with zero attached hydrogens (tertiary/aromatic N) is 7. The first-order chi connectivity index (χ1) is 69.9. The molecule has 7 aromatic carbocycles. The Kier molecular flexibility index (Phi) is 32.2. The number of rotatable bonds is 15. The van der Waals surface area contributed by atoms with Gasteiger partial charge in [-0.05, 0) is 296 Å². The normalized spacial score (nSPS) is 13.5. The smallest absolute Gasteiger partial charge is 0.201 e. The van der Waals surface area contributed by atoms with Crippen LogP contribution in [-0.4, -0.2) is 0 Å². The minimum Gasteiger partial charge on any atom is -0.201 e. The fourth-order valence-corrected chi connectivity index (χ4v) is 18.0. The molecule has 14 aromatic rings. The van der Waals surface area contributed by atoms with Crippen molar-refractivity contribution in [1.82, 2.24) is 0 Å². The maximum absolute atomic E-state index is 8.39. The molecule has 7 heteroatoms. The lowest BCUT2D eigenvalue weighted by molar-refractivity contribution is -0.661. The van der Waals surface area contributed by atoms with Crippen molar-refractivity contribution in [2.45, 2.75) is 289 Å². The molecule has 0 aliphatic heterocycles. The lowest BCUT2D eigenvalue weighted by atomic mass is 9.84. The molecule has 0 saturated carbocycles. The van der Waals surface area contributed by atoms with E-state index in [-0.39, 0.29) is 38.4 Å². The Morgan fingerprint density at radius 3 is 0.841 bits per heavy atom. The highest BCUT2D eigenvalue weighted by Gasteiger charge is 2.29. The van der Waals surface area contributed by atoms with E-state index in [4.69, 9.17) is 19.2 Å². The molecule has 0 fully saturated rings. The van der Waals surface area contributed by atoms with Gasteiger partial charge in [0, 0.05) is 140 Å². The van der Waals surface area contributed by atoms with E-state index in [1.807, 2.05) is 95.9 Å². The van der Waals surface area contributed by atoms with Crippen molar-refractivity contribution in [3.05, 3.63) is 372 Å². The van der Waals surface area contributed by atoms with Crippen molar-refractivity contribution < 1.29 is 51.2 Å². The van der Waals surface area contributed by atoms with Crippen LogP contribution in [0.15, 0.2) is 244 Å². The number of aryl methyl sites for hydroxylation is 22. The van der Waals surface area contributed by atoms with E-state index in [1.54, 1.807) is 56.7 Å². The van der Waals surface area contributed by atoms with Crippen LogP contribution in [-0.2, 0) is 96.6 Å². The molecule has 0 radical (unpaired) electrons. The van der Waals surface area contributed by atoms with Gasteiger partial charge in [-0.2, -0.15) is 0 Å². The van der Waals surface area contributed by atoms with E-state index in [0.717, 1.165) is 58.5 Å². The average Bonchev–Trinajstić information content (AvgIpc) is 0.752. The van der Waals surface area contributed by atoms with Gasteiger partial charge in [0.15, 0.2) is 43.4 Å². The summed E-state index contributed by atoms with van der Waals surface area (Å²) in [5.74, 6) is 1.67. The quantitative estimate of drug-likeness (QED) is 0.0915. The maximum atomic E-state index is 8.39. The first kappa shape index (κ1) is 91.7. The molecule has 0 saturated heterocycles. The molecule has 0 amide bonds. The molecule has 0 spiro atoms. The molecule has 0 atom stereocenters. The zero-order chi connectivity index (χ0) is 115. The van der Waals surface area contributed by atoms with Gasteiger partial charge < -0.3 is 0 Å². The molecule has 7 nitrogen and oxygen atoms in total. The average molecular weight is 1860 g/mol. The second kappa shape index (κ2) is 48.5. The van der Waals surface area contributed by atoms with Crippen molar-refractivity contribution >= 4 is 0 Å². The predicted molar refractivity (Wildman–Crippen MR) is 591 cm³/mol. The summed E-state index contributed by atoms with van der Waals surface area (Å²) in [5, 5.41) is 0. The highest BCUT2D eigenvalue weighted by molar-refractivity contribution is 5.68. The highest BCUT2D eigenvalue weighted by atomic mass is 15.0. The molecular formula is C131H178N7+7. The van der Waals surface area contributed by atoms with Gasteiger partial charge in [0.25, 0.3) is 0 Å². The maximum Gasteiger partial charge on any atom is 0.212 e. The summed E-state index contributed by atoms with van der Waals surface area (Å²) >= 11 is 0. The molecule has 138 heavy (non-hydrogen) atoms. The van der Waals surface area contributed by atoms with Crippen LogP contribution in [0.25, 0.3) is 78.8 Å². The highest BCUT2D eigenvalue weighted by Crippen LogP contribution is 2.35. The van der Waals surface area contributed by atoms with Gasteiger partial charge in [-0.3, -0.25) is 0 Å². The fraction of sp³-hybridized carbons (Fsp3) is 0.412. The van der Waals surface area contributed by atoms with Gasteiger partial charge in [-0.15, -0.1) is 0 Å². The standard InChI is InChI=1S/C21H30N.2C19H26N.4C18H24N/c1-15(2)11-18-13-21(20-10-8-7-9-17(20)5)22(6)14-19(18)12-16(3)4;2*1-13(2)9-17-12-20(6)19(11-15(17)4)18-8-7-14(3)10-16(18)5;2*1-13-7-9-16(14(2)11-13)17-10-8-15(12-19(17)6)18(3,4)5;2*1-13-9-7-8-10-15(13)17-11-14(2)16(12-19(17)6)18(3,4)5/h7-10,13-16H,11-12H2,1-6H3;2*7-8,10-13H,9H2,1-6H3;4*7-12H,1-6H3/q7*+1/i;3D3,4D3,9D2;;1D3;;2D3;. The lowest BCUT2D eigenvalue weighted by Gasteiger charge is -2.20. The second-order valence-electron chi connectivity index (χ2n) is 44.4. The Labute approximate surface area is 859 Å². The minimum absolute atomic E-state index is 0.0291. The molecule has 14 rings (SSSR count). The van der Waals surface area contributed by atoms with E-state index < -0.39 is 39.7 Å². The van der Waals surface area contributed by atoms with Crippen LogP contribution < -0.4 is 32.0 Å². The Morgan fingerprint density at radius 1 is 0.225 bits per heavy atom. The molecule has 0 aliphatic rings. The zero-order valence-corrected chi connectivity index (χ0v) is 91.7. The van der Waals surface area contributed by atoms with Crippen LogP contribution in [0.2, 0.25) is 0 Å². The number of pyridine rings is 7. The van der Waals surface area contributed by atoms with Crippen LogP contribution in [0.5, 0.6) is 0 Å². The van der Waals surface area contributed by atoms with E-state index in [2.05, 4.69) is 369 Å². The summed E-state index contributed by atoms with van der Waals surface area (Å²) in [5.41, 5.74) is 40.3. The van der Waals surface area contributed by atoms with E-state index in [1.165, 1.54) is 141 Å². The van der Waals surface area contributed by atoms with Crippen molar-refractivity contribution in [2.24, 2.45) is 73.0 Å². The van der Waals surface area contributed by atoms with Crippen LogP contribution in [0.1, 0.15) is 286 Å². The van der Waals surface area contributed by atoms with Crippen molar-refractivity contribution in [2.75, 3.05) is 0 Å². The second-order valence-corrected chi connectivity index (χ2v) is 44.4. The van der Waals surface area contributed by atoms with Crippen LogP contribution in [0.3, 0.4) is 0 Å². The van der Waals surface area contributed by atoms with E-state index >= 15 is 0 Å². The van der Waals surface area contributed by atoms with Gasteiger partial charge in [0.05, 0.1) is 0 Å². The largest absolute Gasteiger partial charge is 0.212 e.